The van der Waals surface area contributed by atoms with Crippen LogP contribution in [0.1, 0.15) is 27.5 Å². The first kappa shape index (κ1) is 22.5. The molecule has 1 heterocycles. The maximum Gasteiger partial charge on any atom is 0.254 e. The van der Waals surface area contributed by atoms with Crippen molar-refractivity contribution in [2.75, 3.05) is 34.5 Å². The minimum absolute atomic E-state index is 0.106. The van der Waals surface area contributed by atoms with Crippen LogP contribution < -0.4 is 18.9 Å². The first-order valence-electron chi connectivity index (χ1n) is 10.6. The number of rotatable bonds is 7. The second-order valence-electron chi connectivity index (χ2n) is 7.66. The molecule has 0 bridgehead atoms. The number of fused-ring (bicyclic) bond motifs is 1. The molecule has 0 aliphatic carbocycles. The molecule has 33 heavy (non-hydrogen) atoms. The van der Waals surface area contributed by atoms with Crippen LogP contribution in [0.5, 0.6) is 23.0 Å². The Hall–Kier alpha value is -3.74. The molecular weight excluding hydrogens is 425 g/mol. The summed E-state index contributed by atoms with van der Waals surface area (Å²) >= 11 is 0. The van der Waals surface area contributed by atoms with Gasteiger partial charge >= 0.3 is 0 Å². The van der Waals surface area contributed by atoms with Gasteiger partial charge in [0.15, 0.2) is 11.5 Å². The molecule has 0 aromatic heterocycles. The summed E-state index contributed by atoms with van der Waals surface area (Å²) in [5.41, 5.74) is 2.56. The van der Waals surface area contributed by atoms with Crippen LogP contribution in [0.25, 0.3) is 0 Å². The van der Waals surface area contributed by atoms with E-state index in [0.717, 1.165) is 11.1 Å². The number of benzene rings is 3. The fourth-order valence-electron chi connectivity index (χ4n) is 4.06. The largest absolute Gasteiger partial charge is 0.497 e. The SMILES string of the molecule is COc1ccc(C(=O)N2CCc3cc(OC)c(OC)cc3[C@@H]2COc2ccc(F)cc2)cc1. The smallest absolute Gasteiger partial charge is 0.254 e. The summed E-state index contributed by atoms with van der Waals surface area (Å²) in [4.78, 5) is 15.3. The molecule has 7 heteroatoms. The van der Waals surface area contributed by atoms with Crippen molar-refractivity contribution in [3.8, 4) is 23.0 Å². The fraction of sp³-hybridized carbons (Fsp3) is 0.269. The number of hydrogen-bond donors (Lipinski definition) is 0. The van der Waals surface area contributed by atoms with E-state index < -0.39 is 0 Å². The van der Waals surface area contributed by atoms with E-state index in [0.29, 0.717) is 41.5 Å². The monoisotopic (exact) mass is 451 g/mol. The van der Waals surface area contributed by atoms with Gasteiger partial charge in [-0.25, -0.2) is 4.39 Å². The second kappa shape index (κ2) is 9.81. The lowest BCUT2D eigenvalue weighted by atomic mass is 9.91. The van der Waals surface area contributed by atoms with Crippen LogP contribution >= 0.6 is 0 Å². The molecule has 1 aliphatic heterocycles. The van der Waals surface area contributed by atoms with E-state index in [4.69, 9.17) is 18.9 Å². The summed E-state index contributed by atoms with van der Waals surface area (Å²) in [6.45, 7) is 0.723. The minimum Gasteiger partial charge on any atom is -0.497 e. The van der Waals surface area contributed by atoms with Crippen LogP contribution in [0.3, 0.4) is 0 Å². The van der Waals surface area contributed by atoms with E-state index in [2.05, 4.69) is 0 Å². The van der Waals surface area contributed by atoms with Crippen molar-refractivity contribution in [3.63, 3.8) is 0 Å². The van der Waals surface area contributed by atoms with E-state index in [1.54, 1.807) is 62.6 Å². The summed E-state index contributed by atoms with van der Waals surface area (Å²) < 4.78 is 35.5. The van der Waals surface area contributed by atoms with Crippen LogP contribution in [-0.4, -0.2) is 45.3 Å². The Bertz CT molecular complexity index is 1110. The van der Waals surface area contributed by atoms with Gasteiger partial charge in [-0.3, -0.25) is 4.79 Å². The Kier molecular flexibility index (Phi) is 6.68. The van der Waals surface area contributed by atoms with Crippen molar-refractivity contribution >= 4 is 5.91 Å². The van der Waals surface area contributed by atoms with Crippen LogP contribution in [0.2, 0.25) is 0 Å². The Morgan fingerprint density at radius 1 is 0.909 bits per heavy atom. The number of nitrogens with zero attached hydrogens (tertiary/aromatic N) is 1. The lowest BCUT2D eigenvalue weighted by Gasteiger charge is -2.37. The van der Waals surface area contributed by atoms with Gasteiger partial charge in [0.2, 0.25) is 0 Å². The third kappa shape index (κ3) is 4.72. The lowest BCUT2D eigenvalue weighted by Crippen LogP contribution is -2.42. The Balaban J connectivity index is 1.68. The topological polar surface area (TPSA) is 57.2 Å². The molecule has 0 spiro atoms. The highest BCUT2D eigenvalue weighted by Crippen LogP contribution is 2.39. The summed E-state index contributed by atoms with van der Waals surface area (Å²) in [5, 5.41) is 0. The highest BCUT2D eigenvalue weighted by atomic mass is 19.1. The van der Waals surface area contributed by atoms with Gasteiger partial charge in [-0.05, 0) is 78.2 Å². The molecule has 0 radical (unpaired) electrons. The molecular formula is C26H26FNO5. The summed E-state index contributed by atoms with van der Waals surface area (Å²) in [6.07, 6.45) is 0.671. The summed E-state index contributed by atoms with van der Waals surface area (Å²) in [6, 6.07) is 16.4. The van der Waals surface area contributed by atoms with E-state index in [1.807, 2.05) is 12.1 Å². The van der Waals surface area contributed by atoms with E-state index in [-0.39, 0.29) is 24.4 Å². The number of halogens is 1. The molecule has 3 aromatic carbocycles. The maximum absolute atomic E-state index is 13.5. The molecule has 0 saturated heterocycles. The van der Waals surface area contributed by atoms with Crippen molar-refractivity contribution in [1.29, 1.82) is 0 Å². The zero-order valence-electron chi connectivity index (χ0n) is 18.8. The molecule has 3 aromatic rings. The van der Waals surface area contributed by atoms with Crippen molar-refractivity contribution in [1.82, 2.24) is 4.90 Å². The highest BCUT2D eigenvalue weighted by Gasteiger charge is 2.33. The van der Waals surface area contributed by atoms with E-state index >= 15 is 0 Å². The molecule has 0 fully saturated rings. The first-order valence-corrected chi connectivity index (χ1v) is 10.6. The number of amides is 1. The van der Waals surface area contributed by atoms with Crippen molar-refractivity contribution in [3.05, 3.63) is 83.2 Å². The normalized spacial score (nSPS) is 14.9. The van der Waals surface area contributed by atoms with Gasteiger partial charge in [-0.15, -0.1) is 0 Å². The molecule has 0 N–H and O–H groups in total. The average Bonchev–Trinajstić information content (AvgIpc) is 2.86. The second-order valence-corrected chi connectivity index (χ2v) is 7.66. The molecule has 0 saturated carbocycles. The number of hydrogen-bond acceptors (Lipinski definition) is 5. The lowest BCUT2D eigenvalue weighted by molar-refractivity contribution is 0.0589. The van der Waals surface area contributed by atoms with Crippen molar-refractivity contribution < 1.29 is 28.1 Å². The Labute approximate surface area is 192 Å². The summed E-state index contributed by atoms with van der Waals surface area (Å²) in [5.74, 6) is 2.00. The molecule has 1 amide bonds. The first-order chi connectivity index (χ1) is 16.0. The number of carbonyl (C=O) groups excluding carboxylic acids is 1. The third-order valence-corrected chi connectivity index (χ3v) is 5.82. The van der Waals surface area contributed by atoms with E-state index in [1.165, 1.54) is 12.1 Å². The van der Waals surface area contributed by atoms with Gasteiger partial charge < -0.3 is 23.8 Å². The molecule has 172 valence electrons. The van der Waals surface area contributed by atoms with Crippen LogP contribution in [-0.2, 0) is 6.42 Å². The van der Waals surface area contributed by atoms with Gasteiger partial charge in [-0.2, -0.15) is 0 Å². The minimum atomic E-state index is -0.367. The Morgan fingerprint density at radius 2 is 1.55 bits per heavy atom. The van der Waals surface area contributed by atoms with Gasteiger partial charge in [0, 0.05) is 12.1 Å². The zero-order valence-corrected chi connectivity index (χ0v) is 18.8. The van der Waals surface area contributed by atoms with Crippen molar-refractivity contribution in [2.45, 2.75) is 12.5 Å². The molecule has 0 unspecified atom stereocenters. The van der Waals surface area contributed by atoms with Crippen LogP contribution in [0, 0.1) is 5.82 Å². The van der Waals surface area contributed by atoms with Gasteiger partial charge in [0.25, 0.3) is 5.91 Å². The average molecular weight is 451 g/mol. The van der Waals surface area contributed by atoms with Crippen LogP contribution in [0.4, 0.5) is 4.39 Å². The van der Waals surface area contributed by atoms with Crippen LogP contribution in [0.15, 0.2) is 60.7 Å². The van der Waals surface area contributed by atoms with Gasteiger partial charge in [0.05, 0.1) is 27.4 Å². The predicted molar refractivity (Wildman–Crippen MR) is 122 cm³/mol. The van der Waals surface area contributed by atoms with Gasteiger partial charge in [-0.1, -0.05) is 0 Å². The predicted octanol–water partition coefficient (Wildman–Crippen LogP) is 4.67. The molecule has 6 nitrogen and oxygen atoms in total. The maximum atomic E-state index is 13.5. The fourth-order valence-corrected chi connectivity index (χ4v) is 4.06. The number of carbonyl (C=O) groups is 1. The third-order valence-electron chi connectivity index (χ3n) is 5.82. The highest BCUT2D eigenvalue weighted by molar-refractivity contribution is 5.95. The zero-order chi connectivity index (χ0) is 23.4. The number of ether oxygens (including phenoxy) is 4. The standard InChI is InChI=1S/C26H26FNO5/c1-30-20-8-4-17(5-9-20)26(29)28-13-12-18-14-24(31-2)25(32-3)15-22(18)23(28)16-33-21-10-6-19(27)7-11-21/h4-11,14-15,23H,12-13,16H2,1-3H3/t23-/m0/s1. The molecule has 4 rings (SSSR count). The Morgan fingerprint density at radius 3 is 2.18 bits per heavy atom. The summed E-state index contributed by atoms with van der Waals surface area (Å²) in [7, 11) is 4.77. The quantitative estimate of drug-likeness (QED) is 0.523. The number of methoxy groups -OCH3 is 3. The van der Waals surface area contributed by atoms with E-state index in [9.17, 15) is 9.18 Å². The molecule has 1 aliphatic rings. The molecule has 1 atom stereocenters. The van der Waals surface area contributed by atoms with Crippen molar-refractivity contribution in [2.24, 2.45) is 0 Å². The van der Waals surface area contributed by atoms with Gasteiger partial charge in [0.1, 0.15) is 23.9 Å².